The molecule has 1 amide bonds. The fraction of sp³-hybridized carbons (Fsp3) is 0.136. The molecule has 2 aromatic carbocycles. The molecule has 0 fully saturated rings. The lowest BCUT2D eigenvalue weighted by Gasteiger charge is -2.20. The van der Waals surface area contributed by atoms with Crippen molar-refractivity contribution in [2.75, 3.05) is 4.90 Å². The molecular formula is C22H18BrN3OS. The minimum atomic E-state index is 0.0193. The molecule has 140 valence electrons. The second kappa shape index (κ2) is 8.20. The maximum absolute atomic E-state index is 13.2. The highest BCUT2D eigenvalue weighted by Gasteiger charge is 2.20. The molecule has 0 bridgehead atoms. The van der Waals surface area contributed by atoms with Crippen LogP contribution in [0.2, 0.25) is 0 Å². The molecule has 0 saturated heterocycles. The highest BCUT2D eigenvalue weighted by Crippen LogP contribution is 2.32. The number of aryl methyl sites for hydroxylation is 1. The number of pyridine rings is 1. The molecule has 2 aromatic heterocycles. The number of carbonyl (C=O) groups excluding carboxylic acids is 1. The van der Waals surface area contributed by atoms with Gasteiger partial charge < -0.3 is 0 Å². The van der Waals surface area contributed by atoms with Crippen molar-refractivity contribution >= 4 is 48.5 Å². The molecule has 28 heavy (non-hydrogen) atoms. The van der Waals surface area contributed by atoms with Crippen LogP contribution in [0, 0.1) is 6.92 Å². The van der Waals surface area contributed by atoms with Gasteiger partial charge in [-0.15, -0.1) is 0 Å². The molecular weight excluding hydrogens is 434 g/mol. The van der Waals surface area contributed by atoms with Gasteiger partial charge >= 0.3 is 0 Å². The van der Waals surface area contributed by atoms with Gasteiger partial charge in [0.25, 0.3) is 0 Å². The van der Waals surface area contributed by atoms with E-state index in [0.29, 0.717) is 18.1 Å². The fourth-order valence-corrected chi connectivity index (χ4v) is 4.45. The van der Waals surface area contributed by atoms with Crippen LogP contribution in [0.5, 0.6) is 0 Å². The van der Waals surface area contributed by atoms with E-state index < -0.39 is 0 Å². The first-order valence-corrected chi connectivity index (χ1v) is 10.5. The van der Waals surface area contributed by atoms with Gasteiger partial charge in [0.05, 0.1) is 23.2 Å². The van der Waals surface area contributed by atoms with Crippen LogP contribution in [0.1, 0.15) is 16.7 Å². The number of aromatic nitrogens is 2. The molecule has 4 rings (SSSR count). The predicted molar refractivity (Wildman–Crippen MR) is 118 cm³/mol. The van der Waals surface area contributed by atoms with Gasteiger partial charge in [-0.3, -0.25) is 14.7 Å². The summed E-state index contributed by atoms with van der Waals surface area (Å²) in [5.74, 6) is 0.0193. The molecule has 0 atom stereocenters. The maximum atomic E-state index is 13.2. The number of amides is 1. The van der Waals surface area contributed by atoms with Gasteiger partial charge in [0.1, 0.15) is 0 Å². The molecule has 0 spiro atoms. The highest BCUT2D eigenvalue weighted by molar-refractivity contribution is 9.10. The van der Waals surface area contributed by atoms with E-state index in [-0.39, 0.29) is 5.91 Å². The normalized spacial score (nSPS) is 10.9. The molecule has 6 heteroatoms. The van der Waals surface area contributed by atoms with E-state index in [4.69, 9.17) is 4.98 Å². The van der Waals surface area contributed by atoms with Crippen molar-refractivity contribution in [3.63, 3.8) is 0 Å². The lowest BCUT2D eigenvalue weighted by atomic mass is 10.1. The number of rotatable bonds is 5. The van der Waals surface area contributed by atoms with Crippen LogP contribution in [-0.2, 0) is 17.8 Å². The number of nitrogens with zero attached hydrogens (tertiary/aromatic N) is 3. The summed E-state index contributed by atoms with van der Waals surface area (Å²) in [6, 6.07) is 17.9. The Labute approximate surface area is 176 Å². The van der Waals surface area contributed by atoms with Gasteiger partial charge in [-0.05, 0) is 42.3 Å². The third-order valence-corrected chi connectivity index (χ3v) is 5.94. The Morgan fingerprint density at radius 1 is 1.11 bits per heavy atom. The van der Waals surface area contributed by atoms with Gasteiger partial charge in [-0.2, -0.15) is 0 Å². The smallest absolute Gasteiger partial charge is 0.233 e. The van der Waals surface area contributed by atoms with E-state index in [1.165, 1.54) is 16.9 Å². The SMILES string of the molecule is Cc1ccc(CC(=O)N(Cc2cccnc2)c2nc3ccc(Br)cc3s2)cc1. The van der Waals surface area contributed by atoms with E-state index in [1.807, 2.05) is 61.5 Å². The standard InChI is InChI=1S/C22H18BrN3OS/c1-15-4-6-16(7-5-15)11-21(27)26(14-17-3-2-10-24-13-17)22-25-19-9-8-18(23)12-20(19)28-22/h2-10,12-13H,11,14H2,1H3. The molecule has 0 saturated carbocycles. The summed E-state index contributed by atoms with van der Waals surface area (Å²) in [6.45, 7) is 2.49. The van der Waals surface area contributed by atoms with Crippen LogP contribution in [0.3, 0.4) is 0 Å². The lowest BCUT2D eigenvalue weighted by Crippen LogP contribution is -2.31. The van der Waals surface area contributed by atoms with Crippen molar-refractivity contribution in [1.29, 1.82) is 0 Å². The zero-order chi connectivity index (χ0) is 19.5. The van der Waals surface area contributed by atoms with Crippen molar-refractivity contribution in [3.05, 3.63) is 88.2 Å². The zero-order valence-corrected chi connectivity index (χ0v) is 17.7. The van der Waals surface area contributed by atoms with Crippen LogP contribution in [-0.4, -0.2) is 15.9 Å². The summed E-state index contributed by atoms with van der Waals surface area (Å²) < 4.78 is 2.05. The minimum Gasteiger partial charge on any atom is -0.283 e. The van der Waals surface area contributed by atoms with E-state index in [2.05, 4.69) is 20.9 Å². The molecule has 0 aliphatic rings. The Bertz CT molecular complexity index is 1110. The van der Waals surface area contributed by atoms with Crippen LogP contribution in [0.4, 0.5) is 5.13 Å². The van der Waals surface area contributed by atoms with E-state index in [9.17, 15) is 4.79 Å². The summed E-state index contributed by atoms with van der Waals surface area (Å²) in [6.07, 6.45) is 3.85. The van der Waals surface area contributed by atoms with E-state index in [0.717, 1.165) is 25.8 Å². The summed E-state index contributed by atoms with van der Waals surface area (Å²) in [4.78, 5) is 23.9. The molecule has 0 unspecified atom stereocenters. The monoisotopic (exact) mass is 451 g/mol. The number of carbonyl (C=O) groups is 1. The van der Waals surface area contributed by atoms with Crippen LogP contribution in [0.15, 0.2) is 71.5 Å². The first-order chi connectivity index (χ1) is 13.6. The molecule has 0 aliphatic carbocycles. The largest absolute Gasteiger partial charge is 0.283 e. The van der Waals surface area contributed by atoms with Crippen molar-refractivity contribution < 1.29 is 4.79 Å². The summed E-state index contributed by atoms with van der Waals surface area (Å²) in [7, 11) is 0. The maximum Gasteiger partial charge on any atom is 0.233 e. The van der Waals surface area contributed by atoms with Crippen LogP contribution < -0.4 is 4.90 Å². The Balaban J connectivity index is 1.67. The van der Waals surface area contributed by atoms with Crippen molar-refractivity contribution in [3.8, 4) is 0 Å². The van der Waals surface area contributed by atoms with Crippen molar-refractivity contribution in [1.82, 2.24) is 9.97 Å². The Kier molecular flexibility index (Phi) is 5.50. The van der Waals surface area contributed by atoms with Gasteiger partial charge in [-0.1, -0.05) is 63.2 Å². The Morgan fingerprint density at radius 3 is 2.68 bits per heavy atom. The average Bonchev–Trinajstić information content (AvgIpc) is 3.11. The van der Waals surface area contributed by atoms with Gasteiger partial charge in [-0.25, -0.2) is 4.98 Å². The molecule has 0 radical (unpaired) electrons. The first-order valence-electron chi connectivity index (χ1n) is 8.89. The Morgan fingerprint density at radius 2 is 1.93 bits per heavy atom. The summed E-state index contributed by atoms with van der Waals surface area (Å²) in [5.41, 5.74) is 4.04. The fourth-order valence-electron chi connectivity index (χ4n) is 2.91. The quantitative estimate of drug-likeness (QED) is 0.400. The second-order valence-corrected chi connectivity index (χ2v) is 8.54. The van der Waals surface area contributed by atoms with Gasteiger partial charge in [0.15, 0.2) is 5.13 Å². The first kappa shape index (κ1) is 18.8. The highest BCUT2D eigenvalue weighted by atomic mass is 79.9. The molecule has 0 aliphatic heterocycles. The summed E-state index contributed by atoms with van der Waals surface area (Å²) >= 11 is 5.03. The van der Waals surface area contributed by atoms with Crippen LogP contribution >= 0.6 is 27.3 Å². The summed E-state index contributed by atoms with van der Waals surface area (Å²) in [5, 5.41) is 0.703. The predicted octanol–water partition coefficient (Wildman–Crippen LogP) is 5.54. The molecule has 4 aromatic rings. The number of anilines is 1. The van der Waals surface area contributed by atoms with Crippen LogP contribution in [0.25, 0.3) is 10.2 Å². The second-order valence-electron chi connectivity index (χ2n) is 6.61. The van der Waals surface area contributed by atoms with E-state index >= 15 is 0 Å². The third kappa shape index (κ3) is 4.29. The Hall–Kier alpha value is -2.57. The van der Waals surface area contributed by atoms with Crippen molar-refractivity contribution in [2.45, 2.75) is 19.9 Å². The number of hydrogen-bond donors (Lipinski definition) is 0. The van der Waals surface area contributed by atoms with Crippen molar-refractivity contribution in [2.24, 2.45) is 0 Å². The molecule has 0 N–H and O–H groups in total. The minimum absolute atomic E-state index is 0.0193. The topological polar surface area (TPSA) is 46.1 Å². The average molecular weight is 452 g/mol. The van der Waals surface area contributed by atoms with E-state index in [1.54, 1.807) is 17.3 Å². The van der Waals surface area contributed by atoms with Gasteiger partial charge in [0.2, 0.25) is 5.91 Å². The van der Waals surface area contributed by atoms with Gasteiger partial charge in [0, 0.05) is 16.9 Å². The third-order valence-electron chi connectivity index (χ3n) is 4.41. The number of thiazole rings is 1. The number of benzene rings is 2. The lowest BCUT2D eigenvalue weighted by molar-refractivity contribution is -0.118. The number of hydrogen-bond acceptors (Lipinski definition) is 4. The zero-order valence-electron chi connectivity index (χ0n) is 15.3. The number of halogens is 1. The molecule has 2 heterocycles. The molecule has 4 nitrogen and oxygen atoms in total. The number of fused-ring (bicyclic) bond motifs is 1.